The van der Waals surface area contributed by atoms with Gasteiger partial charge in [0, 0.05) is 6.54 Å². The highest BCUT2D eigenvalue weighted by Crippen LogP contribution is 2.25. The van der Waals surface area contributed by atoms with Crippen LogP contribution in [0.3, 0.4) is 0 Å². The van der Waals surface area contributed by atoms with Crippen molar-refractivity contribution in [2.45, 2.75) is 17.9 Å². The molecule has 1 aliphatic heterocycles. The molecular weight excluding hydrogens is 298 g/mol. The molecule has 7 nitrogen and oxygen atoms in total. The quantitative estimate of drug-likeness (QED) is 0.815. The molecule has 1 unspecified atom stereocenters. The minimum atomic E-state index is -3.88. The highest BCUT2D eigenvalue weighted by atomic mass is 32.2. The van der Waals surface area contributed by atoms with Gasteiger partial charge in [0.15, 0.2) is 0 Å². The summed E-state index contributed by atoms with van der Waals surface area (Å²) >= 11 is 0. The van der Waals surface area contributed by atoms with Gasteiger partial charge in [-0.1, -0.05) is 6.07 Å². The number of sulfonamides is 1. The summed E-state index contributed by atoms with van der Waals surface area (Å²) < 4.78 is 31.8. The largest absolute Gasteiger partial charge is 0.478 e. The summed E-state index contributed by atoms with van der Waals surface area (Å²) in [6.45, 7) is 1.60. The van der Waals surface area contributed by atoms with Crippen LogP contribution in [-0.2, 0) is 14.8 Å². The summed E-state index contributed by atoms with van der Waals surface area (Å²) in [5.74, 6) is -1.18. The Morgan fingerprint density at radius 3 is 2.81 bits per heavy atom. The molecule has 1 aliphatic rings. The third-order valence-corrected chi connectivity index (χ3v) is 5.58. The van der Waals surface area contributed by atoms with E-state index in [2.05, 4.69) is 0 Å². The van der Waals surface area contributed by atoms with Gasteiger partial charge < -0.3 is 14.9 Å². The molecule has 1 saturated heterocycles. The predicted molar refractivity (Wildman–Crippen MR) is 73.7 cm³/mol. The molecule has 0 amide bonds. The Morgan fingerprint density at radius 1 is 1.48 bits per heavy atom. The lowest BCUT2D eigenvalue weighted by molar-refractivity contribution is 0.0109. The van der Waals surface area contributed by atoms with E-state index in [0.29, 0.717) is 0 Å². The van der Waals surface area contributed by atoms with Crippen LogP contribution in [0, 0.1) is 6.92 Å². The Bertz CT molecular complexity index is 642. The highest BCUT2D eigenvalue weighted by molar-refractivity contribution is 7.89. The first kappa shape index (κ1) is 15.9. The van der Waals surface area contributed by atoms with Crippen LogP contribution in [0.4, 0.5) is 0 Å². The van der Waals surface area contributed by atoms with Crippen LogP contribution in [0.1, 0.15) is 15.9 Å². The molecule has 8 heteroatoms. The van der Waals surface area contributed by atoms with Crippen molar-refractivity contribution in [3.05, 3.63) is 29.3 Å². The van der Waals surface area contributed by atoms with Crippen molar-refractivity contribution >= 4 is 16.0 Å². The number of aliphatic hydroxyl groups excluding tert-OH is 1. The van der Waals surface area contributed by atoms with Gasteiger partial charge in [-0.3, -0.25) is 0 Å². The Hall–Kier alpha value is -1.48. The van der Waals surface area contributed by atoms with E-state index < -0.39 is 22.0 Å². The highest BCUT2D eigenvalue weighted by Gasteiger charge is 2.35. The Balaban J connectivity index is 2.49. The van der Waals surface area contributed by atoms with Crippen LogP contribution in [-0.4, -0.2) is 61.3 Å². The van der Waals surface area contributed by atoms with E-state index in [1.54, 1.807) is 0 Å². The van der Waals surface area contributed by atoms with E-state index in [1.807, 2.05) is 0 Å². The van der Waals surface area contributed by atoms with Gasteiger partial charge in [-0.25, -0.2) is 13.2 Å². The molecule has 1 atom stereocenters. The SMILES string of the molecule is Cc1c(C(=O)O)cccc1S(=O)(=O)N1CCOCC1CO. The van der Waals surface area contributed by atoms with Gasteiger partial charge in [0.05, 0.1) is 36.3 Å². The van der Waals surface area contributed by atoms with Gasteiger partial charge >= 0.3 is 5.97 Å². The molecule has 0 spiro atoms. The molecule has 0 radical (unpaired) electrons. The fourth-order valence-corrected chi connectivity index (χ4v) is 4.19. The van der Waals surface area contributed by atoms with Crippen LogP contribution < -0.4 is 0 Å². The number of benzene rings is 1. The molecule has 1 aromatic carbocycles. The minimum Gasteiger partial charge on any atom is -0.478 e. The summed E-state index contributed by atoms with van der Waals surface area (Å²) in [5.41, 5.74) is 0.137. The second-order valence-corrected chi connectivity index (χ2v) is 6.62. The van der Waals surface area contributed by atoms with Crippen molar-refractivity contribution in [2.75, 3.05) is 26.4 Å². The number of carboxylic acids is 1. The third kappa shape index (κ3) is 2.93. The fourth-order valence-electron chi connectivity index (χ4n) is 2.35. The number of aliphatic hydroxyl groups is 1. The molecule has 21 heavy (non-hydrogen) atoms. The zero-order valence-corrected chi connectivity index (χ0v) is 12.3. The molecule has 116 valence electrons. The van der Waals surface area contributed by atoms with Crippen LogP contribution >= 0.6 is 0 Å². The van der Waals surface area contributed by atoms with Crippen molar-refractivity contribution in [3.8, 4) is 0 Å². The van der Waals surface area contributed by atoms with Gasteiger partial charge in [-0.05, 0) is 24.6 Å². The maximum Gasteiger partial charge on any atom is 0.335 e. The van der Waals surface area contributed by atoms with Crippen LogP contribution in [0.5, 0.6) is 0 Å². The predicted octanol–water partition coefficient (Wildman–Crippen LogP) is 0.0750. The first-order valence-electron chi connectivity index (χ1n) is 6.43. The molecule has 2 N–H and O–H groups in total. The zero-order chi connectivity index (χ0) is 15.6. The maximum atomic E-state index is 12.7. The van der Waals surface area contributed by atoms with Gasteiger partial charge in [0.2, 0.25) is 10.0 Å². The van der Waals surface area contributed by atoms with E-state index >= 15 is 0 Å². The number of rotatable bonds is 4. The molecule has 1 aromatic rings. The van der Waals surface area contributed by atoms with Crippen molar-refractivity contribution in [1.82, 2.24) is 4.31 Å². The molecule has 1 fully saturated rings. The van der Waals surface area contributed by atoms with Crippen molar-refractivity contribution < 1.29 is 28.2 Å². The standard InChI is InChI=1S/C13H17NO6S/c1-9-11(13(16)17)3-2-4-12(9)21(18,19)14-5-6-20-8-10(14)7-15/h2-4,10,15H,5-8H2,1H3,(H,16,17). The molecule has 2 rings (SSSR count). The number of hydrogen-bond donors (Lipinski definition) is 2. The van der Waals surface area contributed by atoms with Gasteiger partial charge in [-0.2, -0.15) is 4.31 Å². The molecule has 0 saturated carbocycles. The number of hydrogen-bond acceptors (Lipinski definition) is 5. The third-order valence-electron chi connectivity index (χ3n) is 3.49. The number of ether oxygens (including phenoxy) is 1. The first-order valence-corrected chi connectivity index (χ1v) is 7.87. The normalized spacial score (nSPS) is 20.4. The topological polar surface area (TPSA) is 104 Å². The van der Waals surface area contributed by atoms with Crippen LogP contribution in [0.15, 0.2) is 23.1 Å². The Kier molecular flexibility index (Phi) is 4.62. The minimum absolute atomic E-state index is 0.0510. The van der Waals surface area contributed by atoms with Crippen molar-refractivity contribution in [3.63, 3.8) is 0 Å². The number of aromatic carboxylic acids is 1. The Morgan fingerprint density at radius 2 is 2.19 bits per heavy atom. The molecule has 0 bridgehead atoms. The number of carboxylic acid groups (broad SMARTS) is 1. The maximum absolute atomic E-state index is 12.7. The van der Waals surface area contributed by atoms with Crippen molar-refractivity contribution in [1.29, 1.82) is 0 Å². The molecule has 0 aliphatic carbocycles. The average Bonchev–Trinajstić information content (AvgIpc) is 2.46. The summed E-state index contributed by atoms with van der Waals surface area (Å²) in [5, 5.41) is 18.4. The van der Waals surface area contributed by atoms with E-state index in [4.69, 9.17) is 9.84 Å². The van der Waals surface area contributed by atoms with Crippen LogP contribution in [0.2, 0.25) is 0 Å². The van der Waals surface area contributed by atoms with Gasteiger partial charge in [0.1, 0.15) is 0 Å². The monoisotopic (exact) mass is 315 g/mol. The van der Waals surface area contributed by atoms with E-state index in [1.165, 1.54) is 29.4 Å². The van der Waals surface area contributed by atoms with Crippen LogP contribution in [0.25, 0.3) is 0 Å². The smallest absolute Gasteiger partial charge is 0.335 e. The molecular formula is C13H17NO6S. The summed E-state index contributed by atoms with van der Waals surface area (Å²) in [6, 6.07) is 3.48. The Labute approximate surface area is 122 Å². The van der Waals surface area contributed by atoms with E-state index in [9.17, 15) is 18.3 Å². The fraction of sp³-hybridized carbons (Fsp3) is 0.462. The first-order chi connectivity index (χ1) is 9.89. The number of nitrogens with zero attached hydrogens (tertiary/aromatic N) is 1. The summed E-state index contributed by atoms with van der Waals surface area (Å²) in [6.07, 6.45) is 0. The second-order valence-electron chi connectivity index (χ2n) is 4.76. The van der Waals surface area contributed by atoms with Gasteiger partial charge in [0.25, 0.3) is 0 Å². The summed E-state index contributed by atoms with van der Waals surface area (Å²) in [4.78, 5) is 11.1. The lowest BCUT2D eigenvalue weighted by Crippen LogP contribution is -2.50. The average molecular weight is 315 g/mol. The molecule has 1 heterocycles. The summed E-state index contributed by atoms with van der Waals surface area (Å²) in [7, 11) is -3.88. The van der Waals surface area contributed by atoms with Crippen molar-refractivity contribution in [2.24, 2.45) is 0 Å². The number of carbonyl (C=O) groups is 1. The zero-order valence-electron chi connectivity index (χ0n) is 11.5. The lowest BCUT2D eigenvalue weighted by Gasteiger charge is -2.33. The lowest BCUT2D eigenvalue weighted by atomic mass is 10.1. The second kappa shape index (κ2) is 6.10. The molecule has 0 aromatic heterocycles. The van der Waals surface area contributed by atoms with E-state index in [0.717, 1.165) is 0 Å². The van der Waals surface area contributed by atoms with E-state index in [-0.39, 0.29) is 42.4 Å². The number of morpholine rings is 1. The van der Waals surface area contributed by atoms with Gasteiger partial charge in [-0.15, -0.1) is 0 Å².